The van der Waals surface area contributed by atoms with E-state index in [2.05, 4.69) is 54.4 Å². The standard InChI is InChI=1S/C16H15NO/c1-17-14-8-4-2-6-12(14)10-16(17)11-18-15-9-5-3-7-13(15)16/h2-9H,10-11H2,1H3. The molecular weight excluding hydrogens is 222 g/mol. The van der Waals surface area contributed by atoms with Crippen molar-refractivity contribution in [3.63, 3.8) is 0 Å². The Morgan fingerprint density at radius 2 is 1.83 bits per heavy atom. The fraction of sp³-hybridized carbons (Fsp3) is 0.250. The van der Waals surface area contributed by atoms with Gasteiger partial charge in [-0.2, -0.15) is 0 Å². The van der Waals surface area contributed by atoms with Gasteiger partial charge in [-0.05, 0) is 17.7 Å². The fourth-order valence-electron chi connectivity index (χ4n) is 3.33. The van der Waals surface area contributed by atoms with Crippen LogP contribution in [0.4, 0.5) is 5.69 Å². The van der Waals surface area contributed by atoms with Gasteiger partial charge in [-0.3, -0.25) is 0 Å². The zero-order valence-corrected chi connectivity index (χ0v) is 10.4. The predicted octanol–water partition coefficient (Wildman–Crippen LogP) is 2.97. The summed E-state index contributed by atoms with van der Waals surface area (Å²) in [5, 5.41) is 0. The average Bonchev–Trinajstić information content (AvgIpc) is 2.92. The Balaban J connectivity index is 1.90. The zero-order chi connectivity index (χ0) is 12.2. The molecule has 2 aromatic rings. The molecule has 0 saturated carbocycles. The van der Waals surface area contributed by atoms with Crippen molar-refractivity contribution in [2.75, 3.05) is 18.6 Å². The van der Waals surface area contributed by atoms with E-state index >= 15 is 0 Å². The van der Waals surface area contributed by atoms with Crippen LogP contribution in [-0.2, 0) is 12.0 Å². The molecule has 2 nitrogen and oxygen atoms in total. The lowest BCUT2D eigenvalue weighted by Crippen LogP contribution is -2.43. The third-order valence-corrected chi connectivity index (χ3v) is 4.33. The molecule has 0 aromatic heterocycles. The van der Waals surface area contributed by atoms with Crippen molar-refractivity contribution in [1.82, 2.24) is 0 Å². The Bertz CT molecular complexity index is 622. The van der Waals surface area contributed by atoms with Gasteiger partial charge < -0.3 is 9.64 Å². The largest absolute Gasteiger partial charge is 0.490 e. The molecule has 0 amide bonds. The van der Waals surface area contributed by atoms with Crippen LogP contribution in [0.2, 0.25) is 0 Å². The minimum Gasteiger partial charge on any atom is -0.490 e. The number of benzene rings is 2. The second-order valence-electron chi connectivity index (χ2n) is 5.18. The molecule has 0 aliphatic carbocycles. The highest BCUT2D eigenvalue weighted by Gasteiger charge is 2.48. The van der Waals surface area contributed by atoms with Crippen LogP contribution in [0, 0.1) is 0 Å². The lowest BCUT2D eigenvalue weighted by atomic mass is 9.88. The maximum Gasteiger partial charge on any atom is 0.125 e. The molecule has 1 atom stereocenters. The topological polar surface area (TPSA) is 12.5 Å². The zero-order valence-electron chi connectivity index (χ0n) is 10.4. The van der Waals surface area contributed by atoms with Crippen LogP contribution in [0.5, 0.6) is 5.75 Å². The Labute approximate surface area is 107 Å². The number of para-hydroxylation sites is 2. The van der Waals surface area contributed by atoms with E-state index in [9.17, 15) is 0 Å². The third-order valence-electron chi connectivity index (χ3n) is 4.33. The van der Waals surface area contributed by atoms with Crippen molar-refractivity contribution < 1.29 is 4.74 Å². The number of anilines is 1. The summed E-state index contributed by atoms with van der Waals surface area (Å²) in [4.78, 5) is 2.38. The fourth-order valence-corrected chi connectivity index (χ4v) is 3.33. The Morgan fingerprint density at radius 1 is 1.06 bits per heavy atom. The average molecular weight is 237 g/mol. The summed E-state index contributed by atoms with van der Waals surface area (Å²) in [6.45, 7) is 0.748. The van der Waals surface area contributed by atoms with Crippen molar-refractivity contribution in [2.45, 2.75) is 12.0 Å². The number of fused-ring (bicyclic) bond motifs is 3. The minimum atomic E-state index is 0.000278. The summed E-state index contributed by atoms with van der Waals surface area (Å²) in [6, 6.07) is 17.1. The first-order valence-electron chi connectivity index (χ1n) is 6.35. The van der Waals surface area contributed by atoms with Crippen molar-refractivity contribution in [1.29, 1.82) is 0 Å². The highest BCUT2D eigenvalue weighted by molar-refractivity contribution is 5.65. The number of ether oxygens (including phenoxy) is 1. The van der Waals surface area contributed by atoms with E-state index in [1.807, 2.05) is 6.07 Å². The molecule has 0 radical (unpaired) electrons. The van der Waals surface area contributed by atoms with Crippen LogP contribution in [0.1, 0.15) is 11.1 Å². The SMILES string of the molecule is CN1c2ccccc2CC12COc1ccccc12. The van der Waals surface area contributed by atoms with E-state index in [0.717, 1.165) is 18.8 Å². The van der Waals surface area contributed by atoms with E-state index < -0.39 is 0 Å². The molecule has 1 spiro atoms. The monoisotopic (exact) mass is 237 g/mol. The molecule has 2 aliphatic rings. The second kappa shape index (κ2) is 3.29. The molecule has 1 unspecified atom stereocenters. The van der Waals surface area contributed by atoms with Gasteiger partial charge in [0.1, 0.15) is 17.9 Å². The van der Waals surface area contributed by atoms with Crippen LogP contribution in [-0.4, -0.2) is 13.7 Å². The molecule has 0 saturated heterocycles. The summed E-state index contributed by atoms with van der Waals surface area (Å²) < 4.78 is 5.90. The van der Waals surface area contributed by atoms with Crippen LogP contribution >= 0.6 is 0 Å². The number of hydrogen-bond donors (Lipinski definition) is 0. The molecule has 18 heavy (non-hydrogen) atoms. The number of nitrogens with zero attached hydrogens (tertiary/aromatic N) is 1. The van der Waals surface area contributed by atoms with Crippen LogP contribution in [0.3, 0.4) is 0 Å². The minimum absolute atomic E-state index is 0.000278. The van der Waals surface area contributed by atoms with Crippen LogP contribution < -0.4 is 9.64 Å². The predicted molar refractivity (Wildman–Crippen MR) is 72.2 cm³/mol. The first-order chi connectivity index (χ1) is 8.81. The molecular formula is C16H15NO. The number of likely N-dealkylation sites (N-methyl/N-ethyl adjacent to an activating group) is 1. The van der Waals surface area contributed by atoms with Crippen molar-refractivity contribution in [3.8, 4) is 5.75 Å². The first kappa shape index (κ1) is 10.0. The van der Waals surface area contributed by atoms with Crippen molar-refractivity contribution >= 4 is 5.69 Å². The van der Waals surface area contributed by atoms with Gasteiger partial charge in [0, 0.05) is 24.7 Å². The molecule has 2 aromatic carbocycles. The van der Waals surface area contributed by atoms with E-state index in [4.69, 9.17) is 4.74 Å². The molecule has 90 valence electrons. The van der Waals surface area contributed by atoms with Crippen molar-refractivity contribution in [2.24, 2.45) is 0 Å². The maximum atomic E-state index is 5.90. The summed E-state index contributed by atoms with van der Waals surface area (Å²) >= 11 is 0. The summed E-state index contributed by atoms with van der Waals surface area (Å²) in [7, 11) is 2.18. The Hall–Kier alpha value is -1.96. The molecule has 2 aliphatic heterocycles. The summed E-state index contributed by atoms with van der Waals surface area (Å²) in [5.41, 5.74) is 4.07. The van der Waals surface area contributed by atoms with Crippen molar-refractivity contribution in [3.05, 3.63) is 59.7 Å². The van der Waals surface area contributed by atoms with Gasteiger partial charge in [0.15, 0.2) is 0 Å². The summed E-state index contributed by atoms with van der Waals surface area (Å²) in [6.07, 6.45) is 1.04. The highest BCUT2D eigenvalue weighted by Crippen LogP contribution is 2.49. The Kier molecular flexibility index (Phi) is 1.83. The first-order valence-corrected chi connectivity index (χ1v) is 6.35. The third kappa shape index (κ3) is 1.08. The quantitative estimate of drug-likeness (QED) is 0.698. The van der Waals surface area contributed by atoms with Gasteiger partial charge in [0.05, 0.1) is 0 Å². The molecule has 4 rings (SSSR count). The number of hydrogen-bond acceptors (Lipinski definition) is 2. The van der Waals surface area contributed by atoms with Gasteiger partial charge in [0.25, 0.3) is 0 Å². The van der Waals surface area contributed by atoms with E-state index in [-0.39, 0.29) is 5.54 Å². The van der Waals surface area contributed by atoms with E-state index in [0.29, 0.717) is 0 Å². The molecule has 2 heterocycles. The molecule has 0 bridgehead atoms. The van der Waals surface area contributed by atoms with Gasteiger partial charge >= 0.3 is 0 Å². The summed E-state index contributed by atoms with van der Waals surface area (Å²) in [5.74, 6) is 1.04. The second-order valence-corrected chi connectivity index (χ2v) is 5.18. The van der Waals surface area contributed by atoms with Crippen LogP contribution in [0.25, 0.3) is 0 Å². The smallest absolute Gasteiger partial charge is 0.125 e. The highest BCUT2D eigenvalue weighted by atomic mass is 16.5. The van der Waals surface area contributed by atoms with E-state index in [1.54, 1.807) is 0 Å². The molecule has 0 fully saturated rings. The maximum absolute atomic E-state index is 5.90. The van der Waals surface area contributed by atoms with Gasteiger partial charge in [-0.15, -0.1) is 0 Å². The van der Waals surface area contributed by atoms with E-state index in [1.165, 1.54) is 16.8 Å². The Morgan fingerprint density at radius 3 is 2.72 bits per heavy atom. The lowest BCUT2D eigenvalue weighted by molar-refractivity contribution is 0.269. The molecule has 0 N–H and O–H groups in total. The lowest BCUT2D eigenvalue weighted by Gasteiger charge is -2.32. The van der Waals surface area contributed by atoms with Gasteiger partial charge in [-0.25, -0.2) is 0 Å². The van der Waals surface area contributed by atoms with Gasteiger partial charge in [0.2, 0.25) is 0 Å². The van der Waals surface area contributed by atoms with Gasteiger partial charge in [-0.1, -0.05) is 36.4 Å². The molecule has 2 heteroatoms. The van der Waals surface area contributed by atoms with Crippen LogP contribution in [0.15, 0.2) is 48.5 Å². The number of rotatable bonds is 0. The normalized spacial score (nSPS) is 23.9.